The summed E-state index contributed by atoms with van der Waals surface area (Å²) >= 11 is 0. The molecule has 164 valence electrons. The van der Waals surface area contributed by atoms with Gasteiger partial charge in [0, 0.05) is 18.9 Å². The normalized spacial score (nSPS) is 11.4. The molecular weight excluding hydrogens is 411 g/mol. The van der Waals surface area contributed by atoms with Gasteiger partial charge >= 0.3 is 12.1 Å². The summed E-state index contributed by atoms with van der Waals surface area (Å²) in [5.41, 5.74) is 2.94. The van der Waals surface area contributed by atoms with E-state index < -0.39 is 18.6 Å². The molecule has 0 fully saturated rings. The SMILES string of the molecule is COc1ccc(Nc2cc(CCC(F)(F)F)nn2-c2c(C)cccc2C)c(C(=O)O)c1. The van der Waals surface area contributed by atoms with Crippen LogP contribution in [0.4, 0.5) is 24.7 Å². The number of hydrogen-bond donors (Lipinski definition) is 2. The summed E-state index contributed by atoms with van der Waals surface area (Å²) in [4.78, 5) is 11.7. The Labute approximate surface area is 177 Å². The molecule has 2 N–H and O–H groups in total. The van der Waals surface area contributed by atoms with E-state index in [4.69, 9.17) is 4.74 Å². The highest BCUT2D eigenvalue weighted by Crippen LogP contribution is 2.30. The monoisotopic (exact) mass is 433 g/mol. The molecule has 0 aliphatic carbocycles. The molecule has 0 radical (unpaired) electrons. The second-order valence-electron chi connectivity index (χ2n) is 7.13. The zero-order chi connectivity index (χ0) is 22.8. The maximum Gasteiger partial charge on any atom is 0.389 e. The average Bonchev–Trinajstić information content (AvgIpc) is 3.08. The summed E-state index contributed by atoms with van der Waals surface area (Å²) in [6.07, 6.45) is -5.59. The second kappa shape index (κ2) is 8.71. The van der Waals surface area contributed by atoms with Gasteiger partial charge in [0.1, 0.15) is 11.6 Å². The number of carboxylic acids is 1. The van der Waals surface area contributed by atoms with Crippen molar-refractivity contribution in [2.24, 2.45) is 0 Å². The number of aromatic carboxylic acids is 1. The highest BCUT2D eigenvalue weighted by molar-refractivity contribution is 5.95. The van der Waals surface area contributed by atoms with Gasteiger partial charge in [-0.25, -0.2) is 9.48 Å². The van der Waals surface area contributed by atoms with E-state index in [1.165, 1.54) is 23.9 Å². The number of hydrogen-bond acceptors (Lipinski definition) is 4. The van der Waals surface area contributed by atoms with E-state index in [-0.39, 0.29) is 23.4 Å². The molecule has 0 bridgehead atoms. The fourth-order valence-corrected chi connectivity index (χ4v) is 3.30. The minimum Gasteiger partial charge on any atom is -0.497 e. The van der Waals surface area contributed by atoms with Crippen LogP contribution in [-0.4, -0.2) is 34.1 Å². The Balaban J connectivity index is 2.09. The number of methoxy groups -OCH3 is 1. The first-order valence-corrected chi connectivity index (χ1v) is 9.49. The molecule has 0 atom stereocenters. The number of ether oxygens (including phenoxy) is 1. The Hall–Kier alpha value is -3.49. The van der Waals surface area contributed by atoms with Crippen LogP contribution >= 0.6 is 0 Å². The lowest BCUT2D eigenvalue weighted by molar-refractivity contribution is -0.134. The van der Waals surface area contributed by atoms with Crippen LogP contribution in [0.15, 0.2) is 42.5 Å². The summed E-state index contributed by atoms with van der Waals surface area (Å²) in [6, 6.07) is 11.6. The van der Waals surface area contributed by atoms with Gasteiger partial charge in [0.05, 0.1) is 29.7 Å². The summed E-state index contributed by atoms with van der Waals surface area (Å²) < 4.78 is 44.8. The van der Waals surface area contributed by atoms with Gasteiger partial charge in [-0.3, -0.25) is 0 Å². The topological polar surface area (TPSA) is 76.4 Å². The molecule has 1 aromatic heterocycles. The number of para-hydroxylation sites is 1. The fraction of sp³-hybridized carbons (Fsp3) is 0.273. The average molecular weight is 433 g/mol. The number of benzene rings is 2. The number of halogens is 3. The number of nitrogens with one attached hydrogen (secondary N) is 1. The van der Waals surface area contributed by atoms with Crippen LogP contribution in [0.5, 0.6) is 5.75 Å². The Bertz CT molecular complexity index is 1090. The van der Waals surface area contributed by atoms with Gasteiger partial charge in [0.25, 0.3) is 0 Å². The standard InChI is InChI=1S/C22H22F3N3O3/c1-13-5-4-6-14(2)20(13)28-19(11-15(27-28)9-10-22(23,24)25)26-18-8-7-16(31-3)12-17(18)21(29)30/h4-8,11-12,26H,9-10H2,1-3H3,(H,29,30). The molecule has 9 heteroatoms. The Morgan fingerprint density at radius 3 is 2.42 bits per heavy atom. The summed E-state index contributed by atoms with van der Waals surface area (Å²) in [5, 5.41) is 17.0. The van der Waals surface area contributed by atoms with Gasteiger partial charge in [0.2, 0.25) is 0 Å². The van der Waals surface area contributed by atoms with Crippen molar-refractivity contribution in [2.45, 2.75) is 32.9 Å². The van der Waals surface area contributed by atoms with Crippen molar-refractivity contribution in [2.75, 3.05) is 12.4 Å². The summed E-state index contributed by atoms with van der Waals surface area (Å²) in [6.45, 7) is 3.75. The first-order chi connectivity index (χ1) is 14.6. The van der Waals surface area contributed by atoms with Crippen LogP contribution in [0.3, 0.4) is 0 Å². The molecule has 2 aromatic carbocycles. The third-order valence-electron chi connectivity index (χ3n) is 4.80. The predicted molar refractivity (Wildman–Crippen MR) is 111 cm³/mol. The summed E-state index contributed by atoms with van der Waals surface area (Å²) in [7, 11) is 1.43. The molecule has 0 spiro atoms. The van der Waals surface area contributed by atoms with Gasteiger partial charge in [-0.2, -0.15) is 18.3 Å². The zero-order valence-corrected chi connectivity index (χ0v) is 17.2. The van der Waals surface area contributed by atoms with Crippen LogP contribution in [0, 0.1) is 13.8 Å². The van der Waals surface area contributed by atoms with Crippen molar-refractivity contribution in [3.8, 4) is 11.4 Å². The van der Waals surface area contributed by atoms with E-state index in [9.17, 15) is 23.1 Å². The van der Waals surface area contributed by atoms with Crippen LogP contribution in [-0.2, 0) is 6.42 Å². The molecule has 0 amide bonds. The van der Waals surface area contributed by atoms with Crippen molar-refractivity contribution in [3.05, 3.63) is 64.8 Å². The first-order valence-electron chi connectivity index (χ1n) is 9.49. The highest BCUT2D eigenvalue weighted by Gasteiger charge is 2.27. The third-order valence-corrected chi connectivity index (χ3v) is 4.80. The molecule has 0 unspecified atom stereocenters. The second-order valence-corrected chi connectivity index (χ2v) is 7.13. The minimum atomic E-state index is -4.30. The predicted octanol–water partition coefficient (Wildman–Crippen LogP) is 5.43. The number of anilines is 2. The molecule has 3 aromatic rings. The van der Waals surface area contributed by atoms with Crippen molar-refractivity contribution >= 4 is 17.5 Å². The van der Waals surface area contributed by atoms with E-state index in [2.05, 4.69) is 10.4 Å². The van der Waals surface area contributed by atoms with E-state index in [1.54, 1.807) is 12.1 Å². The Morgan fingerprint density at radius 2 is 1.84 bits per heavy atom. The molecular formula is C22H22F3N3O3. The first kappa shape index (κ1) is 22.2. The smallest absolute Gasteiger partial charge is 0.389 e. The van der Waals surface area contributed by atoms with Crippen molar-refractivity contribution in [3.63, 3.8) is 0 Å². The fourth-order valence-electron chi connectivity index (χ4n) is 3.30. The van der Waals surface area contributed by atoms with Gasteiger partial charge in [0.15, 0.2) is 0 Å². The molecule has 31 heavy (non-hydrogen) atoms. The van der Waals surface area contributed by atoms with E-state index in [0.29, 0.717) is 17.3 Å². The van der Waals surface area contributed by atoms with E-state index in [1.807, 2.05) is 32.0 Å². The lowest BCUT2D eigenvalue weighted by atomic mass is 10.1. The van der Waals surface area contributed by atoms with E-state index in [0.717, 1.165) is 11.1 Å². The van der Waals surface area contributed by atoms with Gasteiger partial charge in [-0.15, -0.1) is 0 Å². The van der Waals surface area contributed by atoms with Crippen molar-refractivity contribution in [1.82, 2.24) is 9.78 Å². The molecule has 0 aliphatic rings. The quantitative estimate of drug-likeness (QED) is 0.519. The van der Waals surface area contributed by atoms with Crippen LogP contribution in [0.2, 0.25) is 0 Å². The number of rotatable bonds is 7. The van der Waals surface area contributed by atoms with Gasteiger partial charge in [-0.05, 0) is 43.2 Å². The molecule has 1 heterocycles. The number of carbonyl (C=O) groups is 1. The zero-order valence-electron chi connectivity index (χ0n) is 17.2. The number of carboxylic acid groups (broad SMARTS) is 1. The lowest BCUT2D eigenvalue weighted by Crippen LogP contribution is -2.10. The Kier molecular flexibility index (Phi) is 6.24. The van der Waals surface area contributed by atoms with Crippen molar-refractivity contribution < 1.29 is 27.8 Å². The molecule has 6 nitrogen and oxygen atoms in total. The molecule has 0 saturated carbocycles. The van der Waals surface area contributed by atoms with Crippen LogP contribution in [0.25, 0.3) is 5.69 Å². The van der Waals surface area contributed by atoms with Crippen LogP contribution < -0.4 is 10.1 Å². The number of nitrogens with zero attached hydrogens (tertiary/aromatic N) is 2. The van der Waals surface area contributed by atoms with Gasteiger partial charge in [-0.1, -0.05) is 18.2 Å². The van der Waals surface area contributed by atoms with Crippen LogP contribution in [0.1, 0.15) is 33.6 Å². The maximum atomic E-state index is 12.7. The number of aromatic nitrogens is 2. The molecule has 0 saturated heterocycles. The minimum absolute atomic E-state index is 0.0366. The molecule has 0 aliphatic heterocycles. The third kappa shape index (κ3) is 5.17. The highest BCUT2D eigenvalue weighted by atomic mass is 19.4. The summed E-state index contributed by atoms with van der Waals surface area (Å²) in [5.74, 6) is -0.434. The largest absolute Gasteiger partial charge is 0.497 e. The number of alkyl halides is 3. The van der Waals surface area contributed by atoms with Gasteiger partial charge < -0.3 is 15.2 Å². The maximum absolute atomic E-state index is 12.7. The Morgan fingerprint density at radius 1 is 1.16 bits per heavy atom. The van der Waals surface area contributed by atoms with Crippen molar-refractivity contribution in [1.29, 1.82) is 0 Å². The lowest BCUT2D eigenvalue weighted by Gasteiger charge is -2.15. The number of aryl methyl sites for hydroxylation is 3. The molecule has 3 rings (SSSR count). The van der Waals surface area contributed by atoms with E-state index >= 15 is 0 Å².